The van der Waals surface area contributed by atoms with Crippen molar-refractivity contribution in [3.63, 3.8) is 0 Å². The van der Waals surface area contributed by atoms with E-state index in [0.29, 0.717) is 12.1 Å². The second-order valence-electron chi connectivity index (χ2n) is 4.45. The summed E-state index contributed by atoms with van der Waals surface area (Å²) in [5.41, 5.74) is 6.12. The largest absolute Gasteiger partial charge is 0.463 e. The number of allylic oxidation sites excluding steroid dienone is 1. The number of ketones is 1. The Kier molecular flexibility index (Phi) is 10.0. The summed E-state index contributed by atoms with van der Waals surface area (Å²) < 4.78 is 4.30. The van der Waals surface area contributed by atoms with Crippen LogP contribution in [-0.4, -0.2) is 18.9 Å². The molecule has 4 heteroatoms. The van der Waals surface area contributed by atoms with E-state index in [4.69, 9.17) is 5.73 Å². The highest BCUT2D eigenvalue weighted by Gasteiger charge is 2.10. The van der Waals surface area contributed by atoms with Crippen LogP contribution in [0.2, 0.25) is 0 Å². The molecule has 0 atom stereocenters. The van der Waals surface area contributed by atoms with E-state index in [1.807, 2.05) is 0 Å². The zero-order chi connectivity index (χ0) is 13.8. The van der Waals surface area contributed by atoms with Crippen molar-refractivity contribution in [2.24, 2.45) is 5.73 Å². The van der Waals surface area contributed by atoms with Crippen molar-refractivity contribution >= 4 is 11.8 Å². The van der Waals surface area contributed by atoms with Gasteiger partial charge in [0, 0.05) is 11.8 Å². The maximum atomic E-state index is 11.2. The minimum atomic E-state index is -0.863. The number of hydrogen-bond acceptors (Lipinski definition) is 4. The number of carbonyl (C=O) groups is 2. The van der Waals surface area contributed by atoms with Crippen LogP contribution in [-0.2, 0) is 14.3 Å². The van der Waals surface area contributed by atoms with Gasteiger partial charge in [-0.1, -0.05) is 45.4 Å². The number of nitrogens with two attached hydrogens (primary N) is 1. The van der Waals surface area contributed by atoms with Gasteiger partial charge in [-0.05, 0) is 12.8 Å². The van der Waals surface area contributed by atoms with Crippen molar-refractivity contribution in [2.75, 3.05) is 7.11 Å². The molecule has 0 bridgehead atoms. The molecule has 0 aliphatic rings. The predicted octanol–water partition coefficient (Wildman–Crippen LogP) is 2.71. The average molecular weight is 255 g/mol. The van der Waals surface area contributed by atoms with Gasteiger partial charge in [-0.15, -0.1) is 0 Å². The lowest BCUT2D eigenvalue weighted by atomic mass is 10.1. The van der Waals surface area contributed by atoms with Gasteiger partial charge in [-0.2, -0.15) is 0 Å². The highest BCUT2D eigenvalue weighted by molar-refractivity contribution is 6.38. The normalized spacial score (nSPS) is 11.3. The summed E-state index contributed by atoms with van der Waals surface area (Å²) in [6.45, 7) is 2.20. The van der Waals surface area contributed by atoms with Crippen molar-refractivity contribution < 1.29 is 14.3 Å². The fraction of sp³-hybridized carbons (Fsp3) is 0.714. The molecule has 0 aromatic heterocycles. The fourth-order valence-electron chi connectivity index (χ4n) is 1.69. The van der Waals surface area contributed by atoms with E-state index in [1.165, 1.54) is 45.3 Å². The van der Waals surface area contributed by atoms with Gasteiger partial charge >= 0.3 is 5.97 Å². The molecule has 2 N–H and O–H groups in total. The van der Waals surface area contributed by atoms with Gasteiger partial charge in [0.15, 0.2) is 0 Å². The lowest BCUT2D eigenvalue weighted by Gasteiger charge is -2.02. The topological polar surface area (TPSA) is 69.4 Å². The van der Waals surface area contributed by atoms with Crippen LogP contribution in [0.25, 0.3) is 0 Å². The van der Waals surface area contributed by atoms with E-state index < -0.39 is 11.8 Å². The van der Waals surface area contributed by atoms with Crippen LogP contribution in [0.15, 0.2) is 11.8 Å². The Morgan fingerprint density at radius 1 is 1.06 bits per heavy atom. The molecule has 0 aromatic rings. The third-order valence-corrected chi connectivity index (χ3v) is 2.77. The number of methoxy groups -OCH3 is 1. The standard InChI is InChI=1S/C14H25NO3/c1-3-4-5-6-7-8-9-10-12(15)11-13(16)14(17)18-2/h11H,3-10,15H2,1-2H3/b12-11-. The third-order valence-electron chi connectivity index (χ3n) is 2.77. The molecule has 18 heavy (non-hydrogen) atoms. The summed E-state index contributed by atoms with van der Waals surface area (Å²) >= 11 is 0. The van der Waals surface area contributed by atoms with Gasteiger partial charge in [0.2, 0.25) is 0 Å². The Morgan fingerprint density at radius 2 is 1.61 bits per heavy atom. The molecule has 0 unspecified atom stereocenters. The minimum absolute atomic E-state index is 0.457. The van der Waals surface area contributed by atoms with E-state index in [1.54, 1.807) is 0 Å². The molecule has 0 saturated carbocycles. The van der Waals surface area contributed by atoms with E-state index >= 15 is 0 Å². The predicted molar refractivity (Wildman–Crippen MR) is 71.9 cm³/mol. The molecule has 4 nitrogen and oxygen atoms in total. The molecular formula is C14H25NO3. The Balaban J connectivity index is 3.64. The Hall–Kier alpha value is -1.32. The molecule has 0 radical (unpaired) electrons. The van der Waals surface area contributed by atoms with Gasteiger partial charge < -0.3 is 10.5 Å². The van der Waals surface area contributed by atoms with Crippen molar-refractivity contribution in [3.8, 4) is 0 Å². The smallest absolute Gasteiger partial charge is 0.378 e. The van der Waals surface area contributed by atoms with Crippen LogP contribution in [0, 0.1) is 0 Å². The van der Waals surface area contributed by atoms with Gasteiger partial charge in [-0.3, -0.25) is 4.79 Å². The zero-order valence-electron chi connectivity index (χ0n) is 11.5. The molecule has 0 heterocycles. The minimum Gasteiger partial charge on any atom is -0.463 e. The summed E-state index contributed by atoms with van der Waals surface area (Å²) in [4.78, 5) is 22.0. The number of ether oxygens (including phenoxy) is 1. The quantitative estimate of drug-likeness (QED) is 0.282. The Labute approximate surface area is 110 Å². The first-order valence-electron chi connectivity index (χ1n) is 6.70. The van der Waals surface area contributed by atoms with E-state index in [0.717, 1.165) is 12.8 Å². The number of rotatable bonds is 10. The first kappa shape index (κ1) is 16.7. The SMILES string of the molecule is CCCCCCCCC/C(N)=C/C(=O)C(=O)OC. The van der Waals surface area contributed by atoms with Crippen LogP contribution in [0.5, 0.6) is 0 Å². The number of esters is 1. The molecule has 0 rings (SSSR count). The Morgan fingerprint density at radius 3 is 2.17 bits per heavy atom. The van der Waals surface area contributed by atoms with Crippen molar-refractivity contribution in [1.82, 2.24) is 0 Å². The molecule has 0 aromatic carbocycles. The van der Waals surface area contributed by atoms with Crippen LogP contribution in [0.3, 0.4) is 0 Å². The van der Waals surface area contributed by atoms with Crippen LogP contribution >= 0.6 is 0 Å². The van der Waals surface area contributed by atoms with Crippen molar-refractivity contribution in [2.45, 2.75) is 58.3 Å². The summed E-state index contributed by atoms with van der Waals surface area (Å²) in [6, 6.07) is 0. The highest BCUT2D eigenvalue weighted by Crippen LogP contribution is 2.10. The molecule has 0 saturated heterocycles. The summed E-state index contributed by atoms with van der Waals surface area (Å²) in [6.07, 6.45) is 10.2. The maximum absolute atomic E-state index is 11.2. The van der Waals surface area contributed by atoms with Crippen LogP contribution < -0.4 is 5.73 Å². The monoisotopic (exact) mass is 255 g/mol. The zero-order valence-corrected chi connectivity index (χ0v) is 11.5. The second-order valence-corrected chi connectivity index (χ2v) is 4.45. The molecule has 0 spiro atoms. The van der Waals surface area contributed by atoms with Gasteiger partial charge in [-0.25, -0.2) is 4.79 Å². The molecule has 0 aliphatic carbocycles. The van der Waals surface area contributed by atoms with E-state index in [9.17, 15) is 9.59 Å². The summed E-state index contributed by atoms with van der Waals surface area (Å²) in [5, 5.41) is 0. The van der Waals surface area contributed by atoms with Gasteiger partial charge in [0.25, 0.3) is 5.78 Å². The first-order chi connectivity index (χ1) is 8.61. The summed E-state index contributed by atoms with van der Waals surface area (Å²) in [5.74, 6) is -1.55. The lowest BCUT2D eigenvalue weighted by Crippen LogP contribution is -2.14. The van der Waals surface area contributed by atoms with E-state index in [2.05, 4.69) is 11.7 Å². The number of hydrogen-bond donors (Lipinski definition) is 1. The first-order valence-corrected chi connectivity index (χ1v) is 6.70. The number of carbonyl (C=O) groups excluding carboxylic acids is 2. The molecule has 0 fully saturated rings. The molecule has 104 valence electrons. The molecule has 0 amide bonds. The Bertz CT molecular complexity index is 285. The average Bonchev–Trinajstić information content (AvgIpc) is 2.36. The molecular weight excluding hydrogens is 230 g/mol. The van der Waals surface area contributed by atoms with Crippen molar-refractivity contribution in [3.05, 3.63) is 11.8 Å². The van der Waals surface area contributed by atoms with E-state index in [-0.39, 0.29) is 0 Å². The molecule has 0 aliphatic heterocycles. The maximum Gasteiger partial charge on any atom is 0.378 e. The van der Waals surface area contributed by atoms with Crippen LogP contribution in [0.1, 0.15) is 58.3 Å². The number of unbranched alkanes of at least 4 members (excludes halogenated alkanes) is 6. The van der Waals surface area contributed by atoms with Crippen LogP contribution in [0.4, 0.5) is 0 Å². The summed E-state index contributed by atoms with van der Waals surface area (Å²) in [7, 11) is 1.18. The van der Waals surface area contributed by atoms with Crippen molar-refractivity contribution in [1.29, 1.82) is 0 Å². The second kappa shape index (κ2) is 10.8. The fourth-order valence-corrected chi connectivity index (χ4v) is 1.69. The highest BCUT2D eigenvalue weighted by atomic mass is 16.5. The van der Waals surface area contributed by atoms with Gasteiger partial charge in [0.05, 0.1) is 7.11 Å². The van der Waals surface area contributed by atoms with Gasteiger partial charge in [0.1, 0.15) is 0 Å². The lowest BCUT2D eigenvalue weighted by molar-refractivity contribution is -0.149. The third kappa shape index (κ3) is 8.79.